The van der Waals surface area contributed by atoms with E-state index in [0.29, 0.717) is 6.42 Å². The number of nitrogens with two attached hydrogens (primary N) is 1. The minimum atomic E-state index is -0.192. The number of benzene rings is 1. The Balaban J connectivity index is 1.74. The number of primary amides is 1. The van der Waals surface area contributed by atoms with Gasteiger partial charge in [0.05, 0.1) is 26.1 Å². The van der Waals surface area contributed by atoms with Gasteiger partial charge in [-0.1, -0.05) is 15.9 Å². The average molecular weight is 369 g/mol. The Bertz CT molecular complexity index is 554. The first-order valence-corrected chi connectivity index (χ1v) is 8.44. The summed E-state index contributed by atoms with van der Waals surface area (Å²) < 4.78 is 1.03. The summed E-state index contributed by atoms with van der Waals surface area (Å²) in [6, 6.07) is 5.78. The number of quaternary nitrogens is 1. The highest BCUT2D eigenvalue weighted by Gasteiger charge is 2.25. The molecular weight excluding hydrogens is 346 g/mol. The normalized spacial score (nSPS) is 21.4. The first kappa shape index (κ1) is 17.0. The van der Waals surface area contributed by atoms with Crippen LogP contribution < -0.4 is 16.0 Å². The van der Waals surface area contributed by atoms with E-state index in [-0.39, 0.29) is 17.7 Å². The molecule has 0 atom stereocenters. The largest absolute Gasteiger partial charge is 0.369 e. The molecule has 120 valence electrons. The lowest BCUT2D eigenvalue weighted by Crippen LogP contribution is -3.13. The smallest absolute Gasteiger partial charge is 0.230 e. The highest BCUT2D eigenvalue weighted by Crippen LogP contribution is 2.20. The topological polar surface area (TPSA) is 76.6 Å². The number of carbonyl (C=O) groups excluding carboxylic acids is 2. The second-order valence-corrected chi connectivity index (χ2v) is 6.79. The van der Waals surface area contributed by atoms with Gasteiger partial charge in [0.1, 0.15) is 0 Å². The Morgan fingerprint density at radius 3 is 2.64 bits per heavy atom. The second-order valence-electron chi connectivity index (χ2n) is 5.94. The van der Waals surface area contributed by atoms with Crippen molar-refractivity contribution in [2.75, 3.05) is 25.0 Å². The summed E-state index contributed by atoms with van der Waals surface area (Å²) in [5.74, 6) is -0.142. The zero-order chi connectivity index (χ0) is 16.1. The summed E-state index contributed by atoms with van der Waals surface area (Å²) in [4.78, 5) is 24.5. The van der Waals surface area contributed by atoms with Gasteiger partial charge in [0.25, 0.3) is 0 Å². The molecule has 0 spiro atoms. The molecule has 4 N–H and O–H groups in total. The van der Waals surface area contributed by atoms with Crippen molar-refractivity contribution < 1.29 is 14.5 Å². The molecule has 1 aliphatic rings. The molecule has 0 bridgehead atoms. The predicted octanol–water partition coefficient (Wildman–Crippen LogP) is 0.866. The number of carbonyl (C=O) groups is 2. The molecule has 2 rings (SSSR count). The van der Waals surface area contributed by atoms with Gasteiger partial charge >= 0.3 is 0 Å². The molecule has 1 aliphatic heterocycles. The van der Waals surface area contributed by atoms with Crippen LogP contribution in [0.1, 0.15) is 24.8 Å². The van der Waals surface area contributed by atoms with Gasteiger partial charge in [-0.05, 0) is 30.7 Å². The molecule has 2 amide bonds. The average Bonchev–Trinajstić information content (AvgIpc) is 2.49. The van der Waals surface area contributed by atoms with Crippen molar-refractivity contribution in [3.8, 4) is 0 Å². The van der Waals surface area contributed by atoms with Crippen molar-refractivity contribution in [1.29, 1.82) is 0 Å². The molecule has 6 heteroatoms. The fourth-order valence-electron chi connectivity index (χ4n) is 2.80. The third-order valence-electron chi connectivity index (χ3n) is 4.24. The summed E-state index contributed by atoms with van der Waals surface area (Å²) in [7, 11) is 0. The van der Waals surface area contributed by atoms with E-state index in [1.165, 1.54) is 4.90 Å². The first-order valence-electron chi connectivity index (χ1n) is 7.64. The molecule has 0 unspecified atom stereocenters. The number of piperidine rings is 1. The van der Waals surface area contributed by atoms with Crippen LogP contribution in [0.15, 0.2) is 22.7 Å². The minimum absolute atomic E-state index is 0.0170. The first-order chi connectivity index (χ1) is 10.5. The van der Waals surface area contributed by atoms with E-state index in [0.717, 1.165) is 48.2 Å². The van der Waals surface area contributed by atoms with Crippen LogP contribution in [0.3, 0.4) is 0 Å². The van der Waals surface area contributed by atoms with Gasteiger partial charge in [-0.15, -0.1) is 0 Å². The van der Waals surface area contributed by atoms with Gasteiger partial charge in [0.15, 0.2) is 0 Å². The van der Waals surface area contributed by atoms with E-state index in [2.05, 4.69) is 21.2 Å². The lowest BCUT2D eigenvalue weighted by atomic mass is 9.96. The number of hydrogen-bond acceptors (Lipinski definition) is 2. The third-order valence-corrected chi connectivity index (χ3v) is 5.13. The van der Waals surface area contributed by atoms with Gasteiger partial charge in [-0.25, -0.2) is 0 Å². The molecule has 1 heterocycles. The Morgan fingerprint density at radius 2 is 2.05 bits per heavy atom. The van der Waals surface area contributed by atoms with Crippen molar-refractivity contribution in [2.24, 2.45) is 11.7 Å². The molecule has 0 saturated carbocycles. The molecule has 1 aromatic rings. The van der Waals surface area contributed by atoms with Crippen LogP contribution in [0.5, 0.6) is 0 Å². The molecule has 0 aliphatic carbocycles. The fourth-order valence-corrected chi connectivity index (χ4v) is 3.04. The highest BCUT2D eigenvalue weighted by atomic mass is 79.9. The van der Waals surface area contributed by atoms with E-state index in [4.69, 9.17) is 5.73 Å². The summed E-state index contributed by atoms with van der Waals surface area (Å²) in [5, 5.41) is 2.93. The summed E-state index contributed by atoms with van der Waals surface area (Å²) in [5.41, 5.74) is 7.25. The maximum Gasteiger partial charge on any atom is 0.230 e. The zero-order valence-electron chi connectivity index (χ0n) is 12.8. The van der Waals surface area contributed by atoms with Gasteiger partial charge < -0.3 is 16.0 Å². The Labute approximate surface area is 139 Å². The molecule has 0 aromatic heterocycles. The number of anilines is 1. The van der Waals surface area contributed by atoms with Crippen LogP contribution in [-0.2, 0) is 9.59 Å². The number of halogens is 1. The van der Waals surface area contributed by atoms with E-state index in [9.17, 15) is 9.59 Å². The van der Waals surface area contributed by atoms with Gasteiger partial charge in [-0.2, -0.15) is 0 Å². The number of nitrogens with one attached hydrogen (secondary N) is 2. The van der Waals surface area contributed by atoms with Gasteiger partial charge in [0, 0.05) is 28.9 Å². The van der Waals surface area contributed by atoms with E-state index in [1.807, 2.05) is 25.1 Å². The van der Waals surface area contributed by atoms with Crippen molar-refractivity contribution in [3.05, 3.63) is 28.2 Å². The fraction of sp³-hybridized carbons (Fsp3) is 0.500. The molecule has 1 aromatic carbocycles. The summed E-state index contributed by atoms with van der Waals surface area (Å²) >= 11 is 3.44. The second kappa shape index (κ2) is 7.74. The van der Waals surface area contributed by atoms with E-state index in [1.54, 1.807) is 0 Å². The Hall–Kier alpha value is -1.40. The third kappa shape index (κ3) is 4.81. The van der Waals surface area contributed by atoms with Crippen LogP contribution in [0.4, 0.5) is 5.69 Å². The van der Waals surface area contributed by atoms with Gasteiger partial charge in [0.2, 0.25) is 11.8 Å². The Morgan fingerprint density at radius 1 is 1.36 bits per heavy atom. The standard InChI is InChI=1S/C16H22BrN3O2/c1-11-10-13(2-3-14(11)17)19-15(21)6-9-20-7-4-12(5-8-20)16(18)22/h2-3,10,12H,4-9H2,1H3,(H2,18,22)(H,19,21)/p+1. The van der Waals surface area contributed by atoms with E-state index >= 15 is 0 Å². The van der Waals surface area contributed by atoms with Crippen molar-refractivity contribution in [2.45, 2.75) is 26.2 Å². The molecule has 22 heavy (non-hydrogen) atoms. The number of amides is 2. The summed E-state index contributed by atoms with van der Waals surface area (Å²) in [6.45, 7) is 4.62. The van der Waals surface area contributed by atoms with Crippen LogP contribution in [0.2, 0.25) is 0 Å². The Kier molecular flexibility index (Phi) is 5.97. The number of likely N-dealkylation sites (tertiary alicyclic amines) is 1. The maximum atomic E-state index is 12.0. The number of hydrogen-bond donors (Lipinski definition) is 3. The van der Waals surface area contributed by atoms with Crippen molar-refractivity contribution >= 4 is 33.4 Å². The van der Waals surface area contributed by atoms with Crippen LogP contribution >= 0.6 is 15.9 Å². The van der Waals surface area contributed by atoms with Crippen molar-refractivity contribution in [3.63, 3.8) is 0 Å². The quantitative estimate of drug-likeness (QED) is 0.720. The van der Waals surface area contributed by atoms with Crippen LogP contribution in [0.25, 0.3) is 0 Å². The summed E-state index contributed by atoms with van der Waals surface area (Å²) in [6.07, 6.45) is 2.15. The maximum absolute atomic E-state index is 12.0. The van der Waals surface area contributed by atoms with E-state index < -0.39 is 0 Å². The SMILES string of the molecule is Cc1cc(NC(=O)CC[NH+]2CCC(C(N)=O)CC2)ccc1Br. The molecule has 5 nitrogen and oxygen atoms in total. The molecule has 1 saturated heterocycles. The van der Waals surface area contributed by atoms with Crippen LogP contribution in [0, 0.1) is 12.8 Å². The molecule has 1 fully saturated rings. The monoisotopic (exact) mass is 368 g/mol. The lowest BCUT2D eigenvalue weighted by molar-refractivity contribution is -0.905. The van der Waals surface area contributed by atoms with Crippen molar-refractivity contribution in [1.82, 2.24) is 0 Å². The highest BCUT2D eigenvalue weighted by molar-refractivity contribution is 9.10. The molecule has 0 radical (unpaired) electrons. The predicted molar refractivity (Wildman–Crippen MR) is 89.6 cm³/mol. The lowest BCUT2D eigenvalue weighted by Gasteiger charge is -2.27. The van der Waals surface area contributed by atoms with Crippen LogP contribution in [-0.4, -0.2) is 31.4 Å². The number of aryl methyl sites for hydroxylation is 1. The minimum Gasteiger partial charge on any atom is -0.369 e. The zero-order valence-corrected chi connectivity index (χ0v) is 14.4. The molecular formula is C16H23BrN3O2+. The van der Waals surface area contributed by atoms with Gasteiger partial charge in [-0.3, -0.25) is 9.59 Å². The number of rotatable bonds is 5.